The van der Waals surface area contributed by atoms with Crippen LogP contribution in [-0.4, -0.2) is 57.1 Å². The molecule has 2 fully saturated rings. The molecule has 0 spiro atoms. The Morgan fingerprint density at radius 2 is 2.15 bits per heavy atom. The predicted octanol–water partition coefficient (Wildman–Crippen LogP) is 2.76. The molecule has 2 aliphatic heterocycles. The molecule has 2 saturated heterocycles. The fourth-order valence-electron chi connectivity index (χ4n) is 4.94. The first-order chi connectivity index (χ1) is 13.1. The Labute approximate surface area is 161 Å². The quantitative estimate of drug-likeness (QED) is 0.766. The normalized spacial score (nSPS) is 26.0. The van der Waals surface area contributed by atoms with Gasteiger partial charge >= 0.3 is 0 Å². The van der Waals surface area contributed by atoms with Gasteiger partial charge in [-0.05, 0) is 50.9 Å². The van der Waals surface area contributed by atoms with E-state index in [4.69, 9.17) is 0 Å². The number of aromatic nitrogens is 2. The summed E-state index contributed by atoms with van der Waals surface area (Å²) in [7, 11) is 1.83. The molecule has 0 unspecified atom stereocenters. The number of piperidine rings is 2. The fraction of sp³-hybridized carbons (Fsp3) is 0.667. The summed E-state index contributed by atoms with van der Waals surface area (Å²) in [6.45, 7) is 2.33. The van der Waals surface area contributed by atoms with Crippen LogP contribution >= 0.6 is 0 Å². The Bertz CT molecular complexity index is 738. The molecular formula is C21H30N4O2. The average Bonchev–Trinajstić information content (AvgIpc) is 3.13. The highest BCUT2D eigenvalue weighted by Gasteiger charge is 2.40. The largest absolute Gasteiger partial charge is 0.339 e. The molecule has 1 aliphatic carbocycles. The van der Waals surface area contributed by atoms with Gasteiger partial charge in [-0.1, -0.05) is 11.6 Å². The first-order valence-electron chi connectivity index (χ1n) is 10.4. The van der Waals surface area contributed by atoms with Crippen molar-refractivity contribution in [3.63, 3.8) is 0 Å². The lowest BCUT2D eigenvalue weighted by atomic mass is 9.83. The third-order valence-corrected chi connectivity index (χ3v) is 6.44. The number of fused-ring (bicyclic) bond motifs is 1. The molecule has 3 heterocycles. The summed E-state index contributed by atoms with van der Waals surface area (Å²) in [5.74, 6) is 0.773. The zero-order valence-electron chi connectivity index (χ0n) is 16.3. The summed E-state index contributed by atoms with van der Waals surface area (Å²) >= 11 is 0. The molecule has 6 nitrogen and oxygen atoms in total. The lowest BCUT2D eigenvalue weighted by Crippen LogP contribution is -2.57. The van der Waals surface area contributed by atoms with Gasteiger partial charge in [0, 0.05) is 45.3 Å². The van der Waals surface area contributed by atoms with E-state index in [0.29, 0.717) is 29.9 Å². The van der Waals surface area contributed by atoms with Crippen molar-refractivity contribution in [2.75, 3.05) is 19.6 Å². The van der Waals surface area contributed by atoms with E-state index in [1.165, 1.54) is 31.3 Å². The Balaban J connectivity index is 1.39. The number of rotatable bonds is 4. The third-order valence-electron chi connectivity index (χ3n) is 6.44. The standard InChI is InChI=1S/C21H30N4O2/c1-23-14-18(13-22-23)21(27)24-11-10-19-17(15-24)7-8-20(26)25(19)12-9-16-5-3-2-4-6-16/h5,13-14,17,19H,2-4,6-12,15H2,1H3/t17-,19+/m0/s1. The molecule has 2 amide bonds. The van der Waals surface area contributed by atoms with Crippen molar-refractivity contribution in [1.82, 2.24) is 19.6 Å². The van der Waals surface area contributed by atoms with E-state index in [1.807, 2.05) is 11.9 Å². The van der Waals surface area contributed by atoms with Gasteiger partial charge in [0.2, 0.25) is 5.91 Å². The second-order valence-electron chi connectivity index (χ2n) is 8.25. The molecule has 1 aromatic heterocycles. The zero-order chi connectivity index (χ0) is 18.8. The van der Waals surface area contributed by atoms with Crippen molar-refractivity contribution >= 4 is 11.8 Å². The second kappa shape index (κ2) is 7.87. The number of aryl methyl sites for hydroxylation is 1. The maximum Gasteiger partial charge on any atom is 0.257 e. The number of allylic oxidation sites excluding steroid dienone is 1. The van der Waals surface area contributed by atoms with E-state index >= 15 is 0 Å². The zero-order valence-corrected chi connectivity index (χ0v) is 16.3. The van der Waals surface area contributed by atoms with Crippen LogP contribution in [0.25, 0.3) is 0 Å². The minimum atomic E-state index is 0.0670. The monoisotopic (exact) mass is 370 g/mol. The van der Waals surface area contributed by atoms with Gasteiger partial charge in [0.25, 0.3) is 5.91 Å². The average molecular weight is 370 g/mol. The van der Waals surface area contributed by atoms with Crippen molar-refractivity contribution in [3.8, 4) is 0 Å². The molecule has 0 aromatic carbocycles. The smallest absolute Gasteiger partial charge is 0.257 e. The van der Waals surface area contributed by atoms with Crippen LogP contribution < -0.4 is 0 Å². The fourth-order valence-corrected chi connectivity index (χ4v) is 4.94. The van der Waals surface area contributed by atoms with E-state index in [1.54, 1.807) is 17.1 Å². The molecule has 0 N–H and O–H groups in total. The number of carbonyl (C=O) groups excluding carboxylic acids is 2. The summed E-state index contributed by atoms with van der Waals surface area (Å²) in [5.41, 5.74) is 2.18. The van der Waals surface area contributed by atoms with Gasteiger partial charge in [0.1, 0.15) is 0 Å². The minimum absolute atomic E-state index is 0.0670. The van der Waals surface area contributed by atoms with Crippen molar-refractivity contribution in [2.24, 2.45) is 13.0 Å². The van der Waals surface area contributed by atoms with Crippen LogP contribution in [0.2, 0.25) is 0 Å². The molecule has 0 radical (unpaired) electrons. The maximum atomic E-state index is 12.8. The van der Waals surface area contributed by atoms with Crippen molar-refractivity contribution < 1.29 is 9.59 Å². The summed E-state index contributed by atoms with van der Waals surface area (Å²) in [4.78, 5) is 29.4. The van der Waals surface area contributed by atoms with Crippen LogP contribution in [0.3, 0.4) is 0 Å². The maximum absolute atomic E-state index is 12.8. The molecule has 0 saturated carbocycles. The molecule has 146 valence electrons. The van der Waals surface area contributed by atoms with Gasteiger partial charge in [0.05, 0.1) is 11.8 Å². The van der Waals surface area contributed by atoms with Crippen molar-refractivity contribution in [3.05, 3.63) is 29.6 Å². The Kier molecular flexibility index (Phi) is 5.32. The van der Waals surface area contributed by atoms with Gasteiger partial charge in [-0.25, -0.2) is 0 Å². The van der Waals surface area contributed by atoms with E-state index < -0.39 is 0 Å². The van der Waals surface area contributed by atoms with Gasteiger partial charge in [-0.15, -0.1) is 0 Å². The van der Waals surface area contributed by atoms with E-state index in [9.17, 15) is 9.59 Å². The molecule has 1 aromatic rings. The SMILES string of the molecule is Cn1cc(C(=O)N2CC[C@@H]3[C@@H](CCC(=O)N3CCC3=CCCCC3)C2)cn1. The molecular weight excluding hydrogens is 340 g/mol. The number of amides is 2. The van der Waals surface area contributed by atoms with E-state index in [0.717, 1.165) is 38.9 Å². The summed E-state index contributed by atoms with van der Waals surface area (Å²) in [5, 5.41) is 4.12. The first-order valence-corrected chi connectivity index (χ1v) is 10.4. The Morgan fingerprint density at radius 3 is 2.89 bits per heavy atom. The van der Waals surface area contributed by atoms with Crippen LogP contribution in [0.4, 0.5) is 0 Å². The summed E-state index contributed by atoms with van der Waals surface area (Å²) < 4.78 is 1.67. The molecule has 27 heavy (non-hydrogen) atoms. The third kappa shape index (κ3) is 3.94. The van der Waals surface area contributed by atoms with Crippen LogP contribution in [0.15, 0.2) is 24.0 Å². The van der Waals surface area contributed by atoms with Gasteiger partial charge < -0.3 is 9.80 Å². The topological polar surface area (TPSA) is 58.4 Å². The van der Waals surface area contributed by atoms with Crippen LogP contribution in [0.1, 0.15) is 61.7 Å². The number of likely N-dealkylation sites (tertiary alicyclic amines) is 2. The van der Waals surface area contributed by atoms with Crippen molar-refractivity contribution in [1.29, 1.82) is 0 Å². The van der Waals surface area contributed by atoms with E-state index in [2.05, 4.69) is 16.1 Å². The number of carbonyl (C=O) groups is 2. The van der Waals surface area contributed by atoms with Crippen molar-refractivity contribution in [2.45, 2.75) is 57.4 Å². The number of nitrogens with zero attached hydrogens (tertiary/aromatic N) is 4. The summed E-state index contributed by atoms with van der Waals surface area (Å²) in [6, 6.07) is 0.299. The number of hydrogen-bond acceptors (Lipinski definition) is 3. The highest BCUT2D eigenvalue weighted by molar-refractivity contribution is 5.93. The lowest BCUT2D eigenvalue weighted by molar-refractivity contribution is -0.140. The molecule has 0 bridgehead atoms. The van der Waals surface area contributed by atoms with Crippen LogP contribution in [0, 0.1) is 5.92 Å². The predicted molar refractivity (Wildman–Crippen MR) is 103 cm³/mol. The minimum Gasteiger partial charge on any atom is -0.339 e. The van der Waals surface area contributed by atoms with Crippen LogP contribution in [0.5, 0.6) is 0 Å². The Hall–Kier alpha value is -2.11. The highest BCUT2D eigenvalue weighted by atomic mass is 16.2. The lowest BCUT2D eigenvalue weighted by Gasteiger charge is -2.47. The molecule has 6 heteroatoms. The number of hydrogen-bond donors (Lipinski definition) is 0. The van der Waals surface area contributed by atoms with Gasteiger partial charge in [0.15, 0.2) is 0 Å². The molecule has 3 aliphatic rings. The van der Waals surface area contributed by atoms with Gasteiger partial charge in [-0.3, -0.25) is 14.3 Å². The Morgan fingerprint density at radius 1 is 1.26 bits per heavy atom. The van der Waals surface area contributed by atoms with Crippen LogP contribution in [-0.2, 0) is 11.8 Å². The van der Waals surface area contributed by atoms with Gasteiger partial charge in [-0.2, -0.15) is 5.10 Å². The molecule has 2 atom stereocenters. The van der Waals surface area contributed by atoms with E-state index in [-0.39, 0.29) is 5.91 Å². The second-order valence-corrected chi connectivity index (χ2v) is 8.25. The molecule has 4 rings (SSSR count). The highest BCUT2D eigenvalue weighted by Crippen LogP contribution is 2.33. The first kappa shape index (κ1) is 18.3. The summed E-state index contributed by atoms with van der Waals surface area (Å²) in [6.07, 6.45) is 14.2.